The van der Waals surface area contributed by atoms with Gasteiger partial charge in [0, 0.05) is 11.3 Å². The molecule has 0 aliphatic heterocycles. The first-order valence-electron chi connectivity index (χ1n) is 8.04. The summed E-state index contributed by atoms with van der Waals surface area (Å²) in [5, 5.41) is 4.70. The summed E-state index contributed by atoms with van der Waals surface area (Å²) >= 11 is 2.55. The van der Waals surface area contributed by atoms with Crippen LogP contribution in [0.1, 0.15) is 43.3 Å². The summed E-state index contributed by atoms with van der Waals surface area (Å²) in [6, 6.07) is 3.45. The molecule has 2 aromatic heterocycles. The van der Waals surface area contributed by atoms with Gasteiger partial charge in [-0.1, -0.05) is 6.07 Å². The van der Waals surface area contributed by atoms with Crippen molar-refractivity contribution >= 4 is 51.3 Å². The molecule has 0 atom stereocenters. The van der Waals surface area contributed by atoms with Gasteiger partial charge in [0.1, 0.15) is 5.00 Å². The second-order valence-electron chi connectivity index (χ2n) is 5.59. The van der Waals surface area contributed by atoms with Crippen LogP contribution in [-0.2, 0) is 19.1 Å². The number of carbonyl (C=O) groups excluding carboxylic acids is 4. The van der Waals surface area contributed by atoms with Gasteiger partial charge in [-0.15, -0.1) is 22.7 Å². The van der Waals surface area contributed by atoms with E-state index in [0.717, 1.165) is 10.4 Å². The fourth-order valence-corrected chi connectivity index (χ4v) is 3.98. The number of thiophene rings is 2. The highest BCUT2D eigenvalue weighted by atomic mass is 32.1. The molecular weight excluding hydrogens is 390 g/mol. The minimum Gasteiger partial charge on any atom is -0.465 e. The molecule has 2 aromatic rings. The van der Waals surface area contributed by atoms with Crippen LogP contribution in [0.15, 0.2) is 17.5 Å². The molecule has 144 valence electrons. The first kappa shape index (κ1) is 20.8. The maximum Gasteiger partial charge on any atom is 0.341 e. The van der Waals surface area contributed by atoms with Gasteiger partial charge in [-0.05, 0) is 30.9 Å². The van der Waals surface area contributed by atoms with Gasteiger partial charge in [-0.2, -0.15) is 0 Å². The van der Waals surface area contributed by atoms with Crippen molar-refractivity contribution in [3.05, 3.63) is 38.4 Å². The van der Waals surface area contributed by atoms with Gasteiger partial charge >= 0.3 is 11.9 Å². The average molecular weight is 409 g/mol. The molecule has 0 bridgehead atoms. The Bertz CT molecular complexity index is 854. The van der Waals surface area contributed by atoms with Gasteiger partial charge in [0.2, 0.25) is 0 Å². The molecule has 1 N–H and O–H groups in total. The number of esters is 2. The number of nitrogens with one attached hydrogen (secondary N) is 1. The maximum atomic E-state index is 12.0. The minimum atomic E-state index is -0.637. The van der Waals surface area contributed by atoms with E-state index < -0.39 is 24.5 Å². The summed E-state index contributed by atoms with van der Waals surface area (Å²) in [4.78, 5) is 48.9. The summed E-state index contributed by atoms with van der Waals surface area (Å²) in [6.45, 7) is 3.09. The first-order valence-corrected chi connectivity index (χ1v) is 9.73. The number of Topliss-reactive ketones (excluding diaryl/α,β-unsaturated/α-hetero) is 1. The lowest BCUT2D eigenvalue weighted by Crippen LogP contribution is -2.21. The number of amides is 1. The fourth-order valence-electron chi connectivity index (χ4n) is 2.22. The monoisotopic (exact) mass is 409 g/mol. The van der Waals surface area contributed by atoms with Crippen molar-refractivity contribution in [1.29, 1.82) is 0 Å². The van der Waals surface area contributed by atoms with Crippen molar-refractivity contribution in [3.8, 4) is 0 Å². The predicted octanol–water partition coefficient (Wildman–Crippen LogP) is 3.36. The Morgan fingerprint density at radius 1 is 1.15 bits per heavy atom. The van der Waals surface area contributed by atoms with E-state index in [1.54, 1.807) is 24.4 Å². The molecule has 0 saturated carbocycles. The van der Waals surface area contributed by atoms with Crippen molar-refractivity contribution in [2.45, 2.75) is 26.7 Å². The molecule has 0 fully saturated rings. The Morgan fingerprint density at radius 3 is 2.52 bits per heavy atom. The molecule has 0 unspecified atom stereocenters. The molecule has 2 heterocycles. The fraction of sp³-hybridized carbons (Fsp3) is 0.333. The third kappa shape index (κ3) is 5.48. The third-order valence-electron chi connectivity index (χ3n) is 3.74. The number of carbonyl (C=O) groups is 4. The Labute approximate surface area is 164 Å². The van der Waals surface area contributed by atoms with Crippen LogP contribution in [0.2, 0.25) is 0 Å². The van der Waals surface area contributed by atoms with Crippen LogP contribution in [0, 0.1) is 13.8 Å². The molecule has 0 aliphatic carbocycles. The topological polar surface area (TPSA) is 98.8 Å². The molecule has 2 rings (SSSR count). The van der Waals surface area contributed by atoms with Crippen LogP contribution < -0.4 is 5.32 Å². The van der Waals surface area contributed by atoms with E-state index in [-0.39, 0.29) is 18.6 Å². The van der Waals surface area contributed by atoms with Gasteiger partial charge in [-0.3, -0.25) is 14.4 Å². The highest BCUT2D eigenvalue weighted by molar-refractivity contribution is 7.16. The average Bonchev–Trinajstić information content (AvgIpc) is 3.26. The Hall–Kier alpha value is -2.52. The molecule has 27 heavy (non-hydrogen) atoms. The van der Waals surface area contributed by atoms with E-state index in [1.807, 2.05) is 6.92 Å². The number of aryl methyl sites for hydroxylation is 1. The zero-order chi connectivity index (χ0) is 20.0. The molecule has 9 heteroatoms. The number of anilines is 1. The van der Waals surface area contributed by atoms with E-state index >= 15 is 0 Å². The van der Waals surface area contributed by atoms with Crippen molar-refractivity contribution in [3.63, 3.8) is 0 Å². The Kier molecular flexibility index (Phi) is 7.26. The van der Waals surface area contributed by atoms with Crippen LogP contribution in [0.4, 0.5) is 5.00 Å². The molecule has 0 saturated heterocycles. The predicted molar refractivity (Wildman–Crippen MR) is 103 cm³/mol. The SMILES string of the molecule is COC(=O)c1c(NC(=O)COC(=O)CCC(=O)c2cccs2)sc(C)c1C. The quantitative estimate of drug-likeness (QED) is 0.530. The summed E-state index contributed by atoms with van der Waals surface area (Å²) < 4.78 is 9.63. The van der Waals surface area contributed by atoms with E-state index in [0.29, 0.717) is 15.4 Å². The van der Waals surface area contributed by atoms with Crippen molar-refractivity contribution < 1.29 is 28.7 Å². The molecule has 0 spiro atoms. The summed E-state index contributed by atoms with van der Waals surface area (Å²) in [5.41, 5.74) is 1.02. The minimum absolute atomic E-state index is 0.0246. The number of ether oxygens (including phenoxy) is 2. The maximum absolute atomic E-state index is 12.0. The van der Waals surface area contributed by atoms with E-state index in [9.17, 15) is 19.2 Å². The van der Waals surface area contributed by atoms with Gasteiger partial charge in [0.25, 0.3) is 5.91 Å². The largest absolute Gasteiger partial charge is 0.465 e. The summed E-state index contributed by atoms with van der Waals surface area (Å²) in [6.07, 6.45) is -0.0780. The summed E-state index contributed by atoms with van der Waals surface area (Å²) in [7, 11) is 1.26. The Balaban J connectivity index is 1.84. The zero-order valence-corrected chi connectivity index (χ0v) is 16.8. The van der Waals surface area contributed by atoms with Gasteiger partial charge in [0.05, 0.1) is 24.0 Å². The van der Waals surface area contributed by atoms with Crippen LogP contribution in [0.3, 0.4) is 0 Å². The number of ketones is 1. The lowest BCUT2D eigenvalue weighted by Gasteiger charge is -2.07. The normalized spacial score (nSPS) is 10.3. The summed E-state index contributed by atoms with van der Waals surface area (Å²) in [5.74, 6) is -1.89. The van der Waals surface area contributed by atoms with Crippen LogP contribution in [0.25, 0.3) is 0 Å². The van der Waals surface area contributed by atoms with Crippen LogP contribution >= 0.6 is 22.7 Å². The number of hydrogen-bond acceptors (Lipinski definition) is 8. The molecule has 7 nitrogen and oxygen atoms in total. The molecule has 1 amide bonds. The highest BCUT2D eigenvalue weighted by Crippen LogP contribution is 2.32. The van der Waals surface area contributed by atoms with Gasteiger partial charge in [-0.25, -0.2) is 4.79 Å². The lowest BCUT2D eigenvalue weighted by atomic mass is 10.1. The standard InChI is InChI=1S/C18H19NO6S2/c1-10-11(2)27-17(16(10)18(23)24-3)19-14(21)9-25-15(22)7-6-12(20)13-5-4-8-26-13/h4-5,8H,6-7,9H2,1-3H3,(H,19,21). The smallest absolute Gasteiger partial charge is 0.341 e. The lowest BCUT2D eigenvalue weighted by molar-refractivity contribution is -0.147. The van der Waals surface area contributed by atoms with Crippen LogP contribution in [-0.4, -0.2) is 37.3 Å². The Morgan fingerprint density at radius 2 is 1.89 bits per heavy atom. The number of hydrogen-bond donors (Lipinski definition) is 1. The zero-order valence-electron chi connectivity index (χ0n) is 15.1. The van der Waals surface area contributed by atoms with Crippen LogP contribution in [0.5, 0.6) is 0 Å². The molecule has 0 aromatic carbocycles. The highest BCUT2D eigenvalue weighted by Gasteiger charge is 2.22. The van der Waals surface area contributed by atoms with E-state index in [4.69, 9.17) is 9.47 Å². The first-order chi connectivity index (χ1) is 12.8. The van der Waals surface area contributed by atoms with Crippen molar-refractivity contribution in [1.82, 2.24) is 0 Å². The van der Waals surface area contributed by atoms with Gasteiger partial charge in [0.15, 0.2) is 12.4 Å². The van der Waals surface area contributed by atoms with E-state index in [2.05, 4.69) is 5.32 Å². The van der Waals surface area contributed by atoms with Gasteiger partial charge < -0.3 is 14.8 Å². The number of methoxy groups -OCH3 is 1. The number of rotatable bonds is 8. The molecule has 0 radical (unpaired) electrons. The van der Waals surface area contributed by atoms with Crippen molar-refractivity contribution in [2.24, 2.45) is 0 Å². The van der Waals surface area contributed by atoms with E-state index in [1.165, 1.54) is 29.8 Å². The molecule has 0 aliphatic rings. The second kappa shape index (κ2) is 9.43. The molecular formula is C18H19NO6S2. The second-order valence-corrected chi connectivity index (χ2v) is 7.76. The van der Waals surface area contributed by atoms with Crippen molar-refractivity contribution in [2.75, 3.05) is 19.0 Å². The third-order valence-corrected chi connectivity index (χ3v) is 5.78.